The number of hydrogen-bond donors (Lipinski definition) is 1. The average molecular weight is 287 g/mol. The molecule has 4 nitrogen and oxygen atoms in total. The second-order valence-corrected chi connectivity index (χ2v) is 5.16. The van der Waals surface area contributed by atoms with Gasteiger partial charge in [-0.3, -0.25) is 4.79 Å². The van der Waals surface area contributed by atoms with Crippen LogP contribution in [0.3, 0.4) is 0 Å². The molecular formula is C17H21NO3. The Labute approximate surface area is 124 Å². The highest BCUT2D eigenvalue weighted by Crippen LogP contribution is 2.12. The van der Waals surface area contributed by atoms with E-state index in [1.54, 1.807) is 18.2 Å². The molecule has 0 saturated heterocycles. The third-order valence-electron chi connectivity index (χ3n) is 3.45. The molecule has 0 aliphatic rings. The largest absolute Gasteiger partial charge is 0.422 e. The lowest BCUT2D eigenvalue weighted by Gasteiger charge is -2.05. The standard InChI is InChI=1S/C17H21NO3/c1-2-3-4-5-8-11-18-16(19)14-12-13-9-6-7-10-15(13)21-17(14)20/h6-7,9-10,12H,2-5,8,11H2,1H3,(H,18,19). The highest BCUT2D eigenvalue weighted by atomic mass is 16.4. The van der Waals surface area contributed by atoms with Crippen LogP contribution in [0.2, 0.25) is 0 Å². The zero-order valence-corrected chi connectivity index (χ0v) is 12.4. The van der Waals surface area contributed by atoms with E-state index in [0.717, 1.165) is 18.2 Å². The van der Waals surface area contributed by atoms with Gasteiger partial charge in [0.05, 0.1) is 0 Å². The van der Waals surface area contributed by atoms with Gasteiger partial charge in [-0.15, -0.1) is 0 Å². The number of fused-ring (bicyclic) bond motifs is 1. The molecule has 0 saturated carbocycles. The fourth-order valence-corrected chi connectivity index (χ4v) is 2.25. The fourth-order valence-electron chi connectivity index (χ4n) is 2.25. The van der Waals surface area contributed by atoms with E-state index in [9.17, 15) is 9.59 Å². The summed E-state index contributed by atoms with van der Waals surface area (Å²) in [6.45, 7) is 2.76. The van der Waals surface area contributed by atoms with Crippen molar-refractivity contribution < 1.29 is 9.21 Å². The molecule has 1 N–H and O–H groups in total. The molecule has 4 heteroatoms. The Hall–Kier alpha value is -2.10. The van der Waals surface area contributed by atoms with Crippen LogP contribution in [0.25, 0.3) is 11.0 Å². The fraction of sp³-hybridized carbons (Fsp3) is 0.412. The molecule has 1 heterocycles. The number of amides is 1. The number of nitrogens with one attached hydrogen (secondary N) is 1. The minimum absolute atomic E-state index is 0.0715. The summed E-state index contributed by atoms with van der Waals surface area (Å²) in [5.41, 5.74) is -0.0157. The Kier molecular flexibility index (Phi) is 5.55. The first-order valence-electron chi connectivity index (χ1n) is 7.53. The second-order valence-electron chi connectivity index (χ2n) is 5.16. The van der Waals surface area contributed by atoms with Crippen LogP contribution < -0.4 is 10.9 Å². The molecule has 0 atom stereocenters. The molecule has 2 rings (SSSR count). The van der Waals surface area contributed by atoms with Crippen LogP contribution in [0.1, 0.15) is 49.4 Å². The number of hydrogen-bond acceptors (Lipinski definition) is 3. The molecule has 21 heavy (non-hydrogen) atoms. The topological polar surface area (TPSA) is 59.3 Å². The van der Waals surface area contributed by atoms with Crippen LogP contribution in [-0.4, -0.2) is 12.5 Å². The molecule has 0 aliphatic carbocycles. The van der Waals surface area contributed by atoms with Gasteiger partial charge in [-0.05, 0) is 18.6 Å². The minimum Gasteiger partial charge on any atom is -0.422 e. The summed E-state index contributed by atoms with van der Waals surface area (Å²) < 4.78 is 5.16. The zero-order valence-electron chi connectivity index (χ0n) is 12.4. The molecule has 1 aromatic heterocycles. The first-order valence-corrected chi connectivity index (χ1v) is 7.53. The Morgan fingerprint density at radius 2 is 1.90 bits per heavy atom. The van der Waals surface area contributed by atoms with Gasteiger partial charge in [0.25, 0.3) is 5.91 Å². The maximum Gasteiger partial charge on any atom is 0.349 e. The van der Waals surface area contributed by atoms with E-state index in [2.05, 4.69) is 12.2 Å². The smallest absolute Gasteiger partial charge is 0.349 e. The summed E-state index contributed by atoms with van der Waals surface area (Å²) in [5.74, 6) is -0.356. The van der Waals surface area contributed by atoms with Gasteiger partial charge in [0, 0.05) is 11.9 Å². The van der Waals surface area contributed by atoms with E-state index in [-0.39, 0.29) is 11.5 Å². The predicted octanol–water partition coefficient (Wildman–Crippen LogP) is 3.49. The van der Waals surface area contributed by atoms with Gasteiger partial charge in [0.15, 0.2) is 0 Å². The highest BCUT2D eigenvalue weighted by molar-refractivity contribution is 5.96. The molecule has 0 unspecified atom stereocenters. The molecule has 1 aromatic carbocycles. The van der Waals surface area contributed by atoms with Crippen molar-refractivity contribution in [1.29, 1.82) is 0 Å². The third kappa shape index (κ3) is 4.18. The number of unbranched alkanes of at least 4 members (excludes halogenated alkanes) is 4. The van der Waals surface area contributed by atoms with Gasteiger partial charge < -0.3 is 9.73 Å². The van der Waals surface area contributed by atoms with Gasteiger partial charge >= 0.3 is 5.63 Å². The van der Waals surface area contributed by atoms with Gasteiger partial charge in [0.1, 0.15) is 11.1 Å². The maximum atomic E-state index is 12.0. The van der Waals surface area contributed by atoms with Crippen molar-refractivity contribution in [2.75, 3.05) is 6.54 Å². The molecule has 112 valence electrons. The lowest BCUT2D eigenvalue weighted by molar-refractivity contribution is 0.0949. The van der Waals surface area contributed by atoms with Crippen molar-refractivity contribution in [2.24, 2.45) is 0 Å². The number of benzene rings is 1. The van der Waals surface area contributed by atoms with Crippen molar-refractivity contribution in [3.63, 3.8) is 0 Å². The number of para-hydroxylation sites is 1. The molecule has 2 aromatic rings. The van der Waals surface area contributed by atoms with Gasteiger partial charge in [0.2, 0.25) is 0 Å². The summed E-state index contributed by atoms with van der Waals surface area (Å²) in [6.07, 6.45) is 5.64. The highest BCUT2D eigenvalue weighted by Gasteiger charge is 2.12. The number of carbonyl (C=O) groups is 1. The minimum atomic E-state index is -0.586. The third-order valence-corrected chi connectivity index (χ3v) is 3.45. The van der Waals surface area contributed by atoms with Crippen molar-refractivity contribution in [2.45, 2.75) is 39.0 Å². The summed E-state index contributed by atoms with van der Waals surface area (Å²) in [7, 11) is 0. The van der Waals surface area contributed by atoms with Crippen LogP contribution in [0.15, 0.2) is 39.5 Å². The van der Waals surface area contributed by atoms with Crippen molar-refractivity contribution in [1.82, 2.24) is 5.32 Å². The van der Waals surface area contributed by atoms with Crippen LogP contribution >= 0.6 is 0 Å². The van der Waals surface area contributed by atoms with Crippen molar-refractivity contribution in [3.8, 4) is 0 Å². The normalized spacial score (nSPS) is 10.7. The maximum absolute atomic E-state index is 12.0. The zero-order chi connectivity index (χ0) is 15.1. The Morgan fingerprint density at radius 3 is 2.71 bits per heavy atom. The van der Waals surface area contributed by atoms with E-state index < -0.39 is 5.63 Å². The Balaban J connectivity index is 1.96. The molecule has 0 radical (unpaired) electrons. The predicted molar refractivity (Wildman–Crippen MR) is 83.6 cm³/mol. The monoisotopic (exact) mass is 287 g/mol. The van der Waals surface area contributed by atoms with Crippen LogP contribution in [0.5, 0.6) is 0 Å². The molecule has 1 amide bonds. The quantitative estimate of drug-likeness (QED) is 0.626. The van der Waals surface area contributed by atoms with E-state index in [0.29, 0.717) is 12.1 Å². The molecule has 0 bridgehead atoms. The average Bonchev–Trinajstić information content (AvgIpc) is 2.49. The summed E-state index contributed by atoms with van der Waals surface area (Å²) >= 11 is 0. The Morgan fingerprint density at radius 1 is 1.14 bits per heavy atom. The Bertz CT molecular complexity index is 660. The van der Waals surface area contributed by atoms with Crippen molar-refractivity contribution >= 4 is 16.9 Å². The first kappa shape index (κ1) is 15.3. The molecule has 0 fully saturated rings. The summed E-state index contributed by atoms with van der Waals surface area (Å²) in [6, 6.07) is 8.76. The molecule has 0 spiro atoms. The molecular weight excluding hydrogens is 266 g/mol. The van der Waals surface area contributed by atoms with Gasteiger partial charge in [-0.25, -0.2) is 4.79 Å². The van der Waals surface area contributed by atoms with E-state index in [1.807, 2.05) is 12.1 Å². The molecule has 0 aliphatic heterocycles. The van der Waals surface area contributed by atoms with Crippen molar-refractivity contribution in [3.05, 3.63) is 46.3 Å². The lowest BCUT2D eigenvalue weighted by Crippen LogP contribution is -2.29. The van der Waals surface area contributed by atoms with E-state index in [4.69, 9.17) is 4.42 Å². The number of rotatable bonds is 7. The van der Waals surface area contributed by atoms with Gasteiger partial charge in [-0.2, -0.15) is 0 Å². The number of carbonyl (C=O) groups excluding carboxylic acids is 1. The van der Waals surface area contributed by atoms with Crippen LogP contribution in [-0.2, 0) is 0 Å². The van der Waals surface area contributed by atoms with Gasteiger partial charge in [-0.1, -0.05) is 50.8 Å². The van der Waals surface area contributed by atoms with E-state index >= 15 is 0 Å². The second kappa shape index (κ2) is 7.62. The van der Waals surface area contributed by atoms with Crippen LogP contribution in [0, 0.1) is 0 Å². The van der Waals surface area contributed by atoms with Crippen LogP contribution in [0.4, 0.5) is 0 Å². The summed E-state index contributed by atoms with van der Waals surface area (Å²) in [5, 5.41) is 3.54. The summed E-state index contributed by atoms with van der Waals surface area (Å²) in [4.78, 5) is 23.8. The van der Waals surface area contributed by atoms with E-state index in [1.165, 1.54) is 19.3 Å². The SMILES string of the molecule is CCCCCCCNC(=O)c1cc2ccccc2oc1=O. The first-order chi connectivity index (χ1) is 10.2. The lowest BCUT2D eigenvalue weighted by atomic mass is 10.1.